The van der Waals surface area contributed by atoms with Gasteiger partial charge < -0.3 is 9.88 Å². The lowest BCUT2D eigenvalue weighted by Gasteiger charge is -2.11. The van der Waals surface area contributed by atoms with E-state index in [2.05, 4.69) is 9.88 Å². The second kappa shape index (κ2) is 4.49. The SMILES string of the molecule is CN(C)CCc1c(C=O)ccc2[nH]ccc12. The Kier molecular flexibility index (Phi) is 3.06. The summed E-state index contributed by atoms with van der Waals surface area (Å²) in [4.78, 5) is 16.3. The molecule has 0 spiro atoms. The summed E-state index contributed by atoms with van der Waals surface area (Å²) in [6.45, 7) is 0.950. The Bertz CT molecular complexity index is 500. The van der Waals surface area contributed by atoms with Crippen LogP contribution >= 0.6 is 0 Å². The number of H-pyrrole nitrogens is 1. The van der Waals surface area contributed by atoms with E-state index < -0.39 is 0 Å². The Labute approximate surface area is 95.1 Å². The Hall–Kier alpha value is -1.61. The van der Waals surface area contributed by atoms with Crippen molar-refractivity contribution in [3.63, 3.8) is 0 Å². The molecule has 1 aromatic carbocycles. The van der Waals surface area contributed by atoms with Crippen LogP contribution in [0.4, 0.5) is 0 Å². The summed E-state index contributed by atoms with van der Waals surface area (Å²) in [6, 6.07) is 5.88. The summed E-state index contributed by atoms with van der Waals surface area (Å²) in [7, 11) is 4.08. The lowest BCUT2D eigenvalue weighted by molar-refractivity contribution is 0.112. The average molecular weight is 216 g/mol. The number of carbonyl (C=O) groups is 1. The molecule has 84 valence electrons. The first-order valence-corrected chi connectivity index (χ1v) is 5.41. The molecule has 1 aromatic heterocycles. The molecule has 0 atom stereocenters. The molecule has 0 radical (unpaired) electrons. The van der Waals surface area contributed by atoms with Crippen LogP contribution in [0.1, 0.15) is 15.9 Å². The highest BCUT2D eigenvalue weighted by molar-refractivity contribution is 5.91. The summed E-state index contributed by atoms with van der Waals surface area (Å²) < 4.78 is 0. The molecule has 0 unspecified atom stereocenters. The van der Waals surface area contributed by atoms with E-state index in [9.17, 15) is 4.79 Å². The first kappa shape index (κ1) is 10.9. The molecule has 0 saturated carbocycles. The highest BCUT2D eigenvalue weighted by Crippen LogP contribution is 2.21. The highest BCUT2D eigenvalue weighted by atomic mass is 16.1. The summed E-state index contributed by atoms with van der Waals surface area (Å²) in [5, 5.41) is 1.16. The van der Waals surface area contributed by atoms with Crippen LogP contribution in [0.5, 0.6) is 0 Å². The fraction of sp³-hybridized carbons (Fsp3) is 0.308. The topological polar surface area (TPSA) is 36.1 Å². The van der Waals surface area contributed by atoms with Crippen LogP contribution in [-0.2, 0) is 6.42 Å². The zero-order chi connectivity index (χ0) is 11.5. The van der Waals surface area contributed by atoms with Gasteiger partial charge in [-0.2, -0.15) is 0 Å². The molecule has 16 heavy (non-hydrogen) atoms. The fourth-order valence-electron chi connectivity index (χ4n) is 1.94. The van der Waals surface area contributed by atoms with Crippen LogP contribution in [0.15, 0.2) is 24.4 Å². The Morgan fingerprint density at radius 2 is 2.12 bits per heavy atom. The summed E-state index contributed by atoms with van der Waals surface area (Å²) in [5.41, 5.74) is 3.04. The number of aromatic amines is 1. The molecule has 0 bridgehead atoms. The zero-order valence-corrected chi connectivity index (χ0v) is 9.66. The predicted molar refractivity (Wildman–Crippen MR) is 65.9 cm³/mol. The number of hydrogen-bond donors (Lipinski definition) is 1. The zero-order valence-electron chi connectivity index (χ0n) is 9.66. The van der Waals surface area contributed by atoms with Crippen molar-refractivity contribution in [1.82, 2.24) is 9.88 Å². The van der Waals surface area contributed by atoms with Gasteiger partial charge in [0.05, 0.1) is 0 Å². The van der Waals surface area contributed by atoms with Crippen molar-refractivity contribution in [2.45, 2.75) is 6.42 Å². The van der Waals surface area contributed by atoms with Crippen LogP contribution < -0.4 is 0 Å². The maximum Gasteiger partial charge on any atom is 0.150 e. The number of carbonyl (C=O) groups excluding carboxylic acids is 1. The highest BCUT2D eigenvalue weighted by Gasteiger charge is 2.08. The standard InChI is InChI=1S/C13H16N2O/c1-15(2)8-6-11-10(9-16)3-4-13-12(11)5-7-14-13/h3-5,7,9,14H,6,8H2,1-2H3. The maximum absolute atomic E-state index is 11.0. The molecular formula is C13H16N2O. The van der Waals surface area contributed by atoms with Crippen molar-refractivity contribution in [3.8, 4) is 0 Å². The average Bonchev–Trinajstić information content (AvgIpc) is 2.73. The quantitative estimate of drug-likeness (QED) is 0.794. The lowest BCUT2D eigenvalue weighted by Crippen LogP contribution is -2.15. The van der Waals surface area contributed by atoms with Crippen molar-refractivity contribution in [1.29, 1.82) is 0 Å². The van der Waals surface area contributed by atoms with Gasteiger partial charge in [0.25, 0.3) is 0 Å². The second-order valence-electron chi connectivity index (χ2n) is 4.24. The van der Waals surface area contributed by atoms with Gasteiger partial charge in [-0.3, -0.25) is 4.79 Å². The number of likely N-dealkylation sites (N-methyl/N-ethyl adjacent to an activating group) is 1. The molecule has 3 heteroatoms. The Balaban J connectivity index is 2.44. The molecule has 1 heterocycles. The smallest absolute Gasteiger partial charge is 0.150 e. The van der Waals surface area contributed by atoms with E-state index in [1.807, 2.05) is 38.5 Å². The molecule has 0 aliphatic heterocycles. The summed E-state index contributed by atoms with van der Waals surface area (Å²) >= 11 is 0. The minimum absolute atomic E-state index is 0.800. The van der Waals surface area contributed by atoms with E-state index in [0.29, 0.717) is 0 Å². The third-order valence-electron chi connectivity index (χ3n) is 2.82. The minimum atomic E-state index is 0.800. The first-order chi connectivity index (χ1) is 7.72. The normalized spacial score (nSPS) is 11.2. The molecule has 2 rings (SSSR count). The summed E-state index contributed by atoms with van der Waals surface area (Å²) in [5.74, 6) is 0. The van der Waals surface area contributed by atoms with Crippen molar-refractivity contribution in [2.75, 3.05) is 20.6 Å². The Morgan fingerprint density at radius 3 is 2.81 bits per heavy atom. The van der Waals surface area contributed by atoms with Crippen LogP contribution in [0.2, 0.25) is 0 Å². The van der Waals surface area contributed by atoms with Gasteiger partial charge in [0.2, 0.25) is 0 Å². The van der Waals surface area contributed by atoms with E-state index in [-0.39, 0.29) is 0 Å². The van der Waals surface area contributed by atoms with Gasteiger partial charge in [-0.25, -0.2) is 0 Å². The monoisotopic (exact) mass is 216 g/mol. The Morgan fingerprint density at radius 1 is 1.31 bits per heavy atom. The first-order valence-electron chi connectivity index (χ1n) is 5.41. The maximum atomic E-state index is 11.0. The van der Waals surface area contributed by atoms with E-state index in [1.54, 1.807) is 0 Å². The third-order valence-corrected chi connectivity index (χ3v) is 2.82. The minimum Gasteiger partial charge on any atom is -0.361 e. The molecule has 0 aliphatic rings. The number of hydrogen-bond acceptors (Lipinski definition) is 2. The van der Waals surface area contributed by atoms with E-state index >= 15 is 0 Å². The molecule has 0 amide bonds. The van der Waals surface area contributed by atoms with E-state index in [1.165, 1.54) is 0 Å². The third kappa shape index (κ3) is 1.99. The van der Waals surface area contributed by atoms with Crippen LogP contribution in [0, 0.1) is 0 Å². The van der Waals surface area contributed by atoms with Gasteiger partial charge in [-0.1, -0.05) is 0 Å². The molecule has 3 nitrogen and oxygen atoms in total. The second-order valence-corrected chi connectivity index (χ2v) is 4.24. The van der Waals surface area contributed by atoms with E-state index in [4.69, 9.17) is 0 Å². The molecular weight excluding hydrogens is 200 g/mol. The van der Waals surface area contributed by atoms with Crippen molar-refractivity contribution in [3.05, 3.63) is 35.5 Å². The van der Waals surface area contributed by atoms with Crippen molar-refractivity contribution < 1.29 is 4.79 Å². The van der Waals surface area contributed by atoms with Gasteiger partial charge in [0.1, 0.15) is 6.29 Å². The lowest BCUT2D eigenvalue weighted by atomic mass is 10.0. The predicted octanol–water partition coefficient (Wildman–Crippen LogP) is 2.08. The van der Waals surface area contributed by atoms with Crippen LogP contribution in [0.25, 0.3) is 10.9 Å². The van der Waals surface area contributed by atoms with Crippen LogP contribution in [-0.4, -0.2) is 36.8 Å². The van der Waals surface area contributed by atoms with Gasteiger partial charge in [0.15, 0.2) is 0 Å². The van der Waals surface area contributed by atoms with Crippen molar-refractivity contribution in [2.24, 2.45) is 0 Å². The molecule has 2 aromatic rings. The number of benzene rings is 1. The van der Waals surface area contributed by atoms with Crippen molar-refractivity contribution >= 4 is 17.2 Å². The van der Waals surface area contributed by atoms with Gasteiger partial charge >= 0.3 is 0 Å². The number of nitrogens with one attached hydrogen (secondary N) is 1. The molecule has 0 aliphatic carbocycles. The molecule has 0 saturated heterocycles. The summed E-state index contributed by atoms with van der Waals surface area (Å²) in [6.07, 6.45) is 3.76. The van der Waals surface area contributed by atoms with Crippen LogP contribution in [0.3, 0.4) is 0 Å². The number of fused-ring (bicyclic) bond motifs is 1. The number of nitrogens with zero attached hydrogens (tertiary/aromatic N) is 1. The number of rotatable bonds is 4. The van der Waals surface area contributed by atoms with Gasteiger partial charge in [-0.05, 0) is 44.3 Å². The fourth-order valence-corrected chi connectivity index (χ4v) is 1.94. The largest absolute Gasteiger partial charge is 0.361 e. The van der Waals surface area contributed by atoms with Gasteiger partial charge in [-0.15, -0.1) is 0 Å². The molecule has 1 N–H and O–H groups in total. The number of aldehydes is 1. The molecule has 0 fully saturated rings. The van der Waals surface area contributed by atoms with E-state index in [0.717, 1.165) is 41.3 Å². The number of aromatic nitrogens is 1. The van der Waals surface area contributed by atoms with Gasteiger partial charge in [0, 0.05) is 29.2 Å².